The van der Waals surface area contributed by atoms with Gasteiger partial charge in [-0.25, -0.2) is 4.18 Å². The molecule has 1 heterocycles. The number of carbonyl (C=O) groups excluding carboxylic acids is 1. The Bertz CT molecular complexity index is 831. The van der Waals surface area contributed by atoms with E-state index in [1.54, 1.807) is 34.6 Å². The van der Waals surface area contributed by atoms with Crippen molar-refractivity contribution in [3.8, 4) is 0 Å². The molecule has 2 atom stereocenters. The highest BCUT2D eigenvalue weighted by atomic mass is 35.5. The number of ether oxygens (including phenoxy) is 3. The first-order chi connectivity index (χ1) is 12.7. The first-order valence-electron chi connectivity index (χ1n) is 8.63. The van der Waals surface area contributed by atoms with Gasteiger partial charge < -0.3 is 14.2 Å². The van der Waals surface area contributed by atoms with E-state index in [1.807, 2.05) is 0 Å². The molecule has 7 nitrogen and oxygen atoms in total. The standard InChI is InChI=1S/C18H24Cl2O7S/c1-17(2,3)25-15(21)9-12-10-16(26-18(4,5)24-12)27-28(22,23)14-8-11(19)6-7-13(14)20/h6-8,12,16H,9-10H2,1-5H3/t12-,16+/m0/s1. The molecule has 1 aromatic carbocycles. The Hall–Kier alpha value is -0.900. The molecule has 1 aliphatic heterocycles. The Kier molecular flexibility index (Phi) is 7.06. The highest BCUT2D eigenvalue weighted by Gasteiger charge is 2.40. The Morgan fingerprint density at radius 2 is 1.89 bits per heavy atom. The van der Waals surface area contributed by atoms with Crippen LogP contribution in [0.3, 0.4) is 0 Å². The largest absolute Gasteiger partial charge is 0.460 e. The minimum absolute atomic E-state index is 0.0140. The van der Waals surface area contributed by atoms with Crippen LogP contribution in [-0.2, 0) is 33.3 Å². The molecular formula is C18H24Cl2O7S. The minimum atomic E-state index is -4.26. The molecule has 1 saturated heterocycles. The van der Waals surface area contributed by atoms with Crippen molar-refractivity contribution in [3.63, 3.8) is 0 Å². The lowest BCUT2D eigenvalue weighted by Crippen LogP contribution is -2.47. The maximum Gasteiger partial charge on any atom is 0.308 e. The number of esters is 1. The van der Waals surface area contributed by atoms with Crippen LogP contribution in [0, 0.1) is 0 Å². The highest BCUT2D eigenvalue weighted by Crippen LogP contribution is 2.33. The molecule has 10 heteroatoms. The third kappa shape index (κ3) is 6.86. The molecule has 0 radical (unpaired) electrons. The lowest BCUT2D eigenvalue weighted by molar-refractivity contribution is -0.333. The number of benzene rings is 1. The van der Waals surface area contributed by atoms with Crippen molar-refractivity contribution in [2.75, 3.05) is 0 Å². The van der Waals surface area contributed by atoms with E-state index >= 15 is 0 Å². The predicted octanol–water partition coefficient (Wildman–Crippen LogP) is 4.30. The van der Waals surface area contributed by atoms with E-state index in [0.717, 1.165) is 0 Å². The van der Waals surface area contributed by atoms with Crippen LogP contribution < -0.4 is 0 Å². The van der Waals surface area contributed by atoms with Crippen LogP contribution in [0.2, 0.25) is 10.0 Å². The Labute approximate surface area is 175 Å². The summed E-state index contributed by atoms with van der Waals surface area (Å²) in [4.78, 5) is 11.8. The van der Waals surface area contributed by atoms with E-state index < -0.39 is 39.9 Å². The zero-order valence-corrected chi connectivity index (χ0v) is 18.7. The van der Waals surface area contributed by atoms with Gasteiger partial charge in [0.05, 0.1) is 17.5 Å². The van der Waals surface area contributed by atoms with Gasteiger partial charge in [0.1, 0.15) is 10.5 Å². The average molecular weight is 455 g/mol. The molecule has 1 aliphatic rings. The van der Waals surface area contributed by atoms with Gasteiger partial charge in [0.2, 0.25) is 0 Å². The van der Waals surface area contributed by atoms with Crippen molar-refractivity contribution in [1.29, 1.82) is 0 Å². The van der Waals surface area contributed by atoms with E-state index in [0.29, 0.717) is 0 Å². The van der Waals surface area contributed by atoms with Crippen molar-refractivity contribution in [1.82, 2.24) is 0 Å². The second-order valence-corrected chi connectivity index (χ2v) is 10.2. The molecule has 0 aromatic heterocycles. The normalized spacial score (nSPS) is 22.7. The molecule has 0 amide bonds. The van der Waals surface area contributed by atoms with Crippen molar-refractivity contribution in [2.45, 2.75) is 76.1 Å². The molecule has 0 spiro atoms. The monoisotopic (exact) mass is 454 g/mol. The third-order valence-corrected chi connectivity index (χ3v) is 5.55. The minimum Gasteiger partial charge on any atom is -0.460 e. The fourth-order valence-corrected chi connectivity index (χ4v) is 4.39. The topological polar surface area (TPSA) is 88.1 Å². The summed E-state index contributed by atoms with van der Waals surface area (Å²) in [6.07, 6.45) is -1.87. The number of halogens is 2. The Balaban J connectivity index is 2.14. The number of hydrogen-bond acceptors (Lipinski definition) is 7. The summed E-state index contributed by atoms with van der Waals surface area (Å²) < 4.78 is 47.0. The van der Waals surface area contributed by atoms with Gasteiger partial charge in [-0.05, 0) is 52.8 Å². The van der Waals surface area contributed by atoms with Crippen LogP contribution in [0.1, 0.15) is 47.5 Å². The molecule has 0 unspecified atom stereocenters. The summed E-state index contributed by atoms with van der Waals surface area (Å²) in [6, 6.07) is 4.02. The third-order valence-electron chi connectivity index (χ3n) is 3.53. The van der Waals surface area contributed by atoms with Gasteiger partial charge in [-0.3, -0.25) is 4.79 Å². The zero-order chi connectivity index (χ0) is 21.3. The van der Waals surface area contributed by atoms with Crippen molar-refractivity contribution < 1.29 is 31.6 Å². The number of carbonyl (C=O) groups is 1. The summed E-state index contributed by atoms with van der Waals surface area (Å²) in [5, 5.41) is 0.170. The number of hydrogen-bond donors (Lipinski definition) is 0. The number of rotatable bonds is 5. The molecule has 0 saturated carbocycles. The second kappa shape index (κ2) is 8.45. The van der Waals surface area contributed by atoms with Crippen LogP contribution in [0.15, 0.2) is 23.1 Å². The molecule has 0 bridgehead atoms. The summed E-state index contributed by atoms with van der Waals surface area (Å²) in [5.41, 5.74) is -0.639. The van der Waals surface area contributed by atoms with E-state index in [-0.39, 0.29) is 27.8 Å². The van der Waals surface area contributed by atoms with Gasteiger partial charge in [0.25, 0.3) is 0 Å². The van der Waals surface area contributed by atoms with Crippen LogP contribution in [0.4, 0.5) is 0 Å². The van der Waals surface area contributed by atoms with Gasteiger partial charge in [-0.15, -0.1) is 0 Å². The van der Waals surface area contributed by atoms with Gasteiger partial charge in [-0.1, -0.05) is 23.2 Å². The Morgan fingerprint density at radius 1 is 1.25 bits per heavy atom. The van der Waals surface area contributed by atoms with Crippen molar-refractivity contribution in [3.05, 3.63) is 28.2 Å². The maximum atomic E-state index is 12.6. The van der Waals surface area contributed by atoms with E-state index in [1.165, 1.54) is 18.2 Å². The molecule has 1 aromatic rings. The molecule has 0 N–H and O–H groups in total. The van der Waals surface area contributed by atoms with E-state index in [2.05, 4.69) is 0 Å². The average Bonchev–Trinajstić information content (AvgIpc) is 2.45. The van der Waals surface area contributed by atoms with E-state index in [9.17, 15) is 13.2 Å². The summed E-state index contributed by atoms with van der Waals surface area (Å²) in [5.74, 6) is -1.63. The molecule has 0 aliphatic carbocycles. The molecule has 158 valence electrons. The second-order valence-electron chi connectivity index (χ2n) is 7.84. The first kappa shape index (κ1) is 23.4. The lowest BCUT2D eigenvalue weighted by atomic mass is 10.1. The van der Waals surface area contributed by atoms with Crippen LogP contribution in [-0.4, -0.2) is 38.2 Å². The van der Waals surface area contributed by atoms with Gasteiger partial charge in [0, 0.05) is 11.4 Å². The van der Waals surface area contributed by atoms with Gasteiger partial charge in [-0.2, -0.15) is 8.42 Å². The summed E-state index contributed by atoms with van der Waals surface area (Å²) in [7, 11) is -4.26. The molecule has 28 heavy (non-hydrogen) atoms. The zero-order valence-electron chi connectivity index (χ0n) is 16.3. The van der Waals surface area contributed by atoms with Crippen molar-refractivity contribution in [2.24, 2.45) is 0 Å². The smallest absolute Gasteiger partial charge is 0.308 e. The summed E-state index contributed by atoms with van der Waals surface area (Å²) >= 11 is 11.8. The van der Waals surface area contributed by atoms with Crippen LogP contribution >= 0.6 is 23.2 Å². The lowest BCUT2D eigenvalue weighted by Gasteiger charge is -2.39. The maximum absolute atomic E-state index is 12.6. The van der Waals surface area contributed by atoms with Crippen molar-refractivity contribution >= 4 is 39.3 Å². The van der Waals surface area contributed by atoms with Gasteiger partial charge in [0.15, 0.2) is 12.1 Å². The molecule has 2 rings (SSSR count). The predicted molar refractivity (Wildman–Crippen MR) is 104 cm³/mol. The van der Waals surface area contributed by atoms with E-state index in [4.69, 9.17) is 41.6 Å². The fourth-order valence-electron chi connectivity index (χ4n) is 2.67. The quantitative estimate of drug-likeness (QED) is 0.483. The van der Waals surface area contributed by atoms with Crippen LogP contribution in [0.25, 0.3) is 0 Å². The Morgan fingerprint density at radius 3 is 2.50 bits per heavy atom. The molecular weight excluding hydrogens is 431 g/mol. The van der Waals surface area contributed by atoms with Crippen LogP contribution in [0.5, 0.6) is 0 Å². The SMILES string of the molecule is CC(C)(C)OC(=O)C[C@H]1C[C@@H](OS(=O)(=O)c2cc(Cl)ccc2Cl)OC(C)(C)O1. The first-order valence-corrected chi connectivity index (χ1v) is 10.8. The fraction of sp³-hybridized carbons (Fsp3) is 0.611. The summed E-state index contributed by atoms with van der Waals surface area (Å²) in [6.45, 7) is 8.47. The highest BCUT2D eigenvalue weighted by molar-refractivity contribution is 7.87. The van der Waals surface area contributed by atoms with Gasteiger partial charge >= 0.3 is 16.1 Å². The molecule has 1 fully saturated rings.